The Hall–Kier alpha value is -2.87. The normalized spacial score (nSPS) is 11.8. The van der Waals surface area contributed by atoms with Gasteiger partial charge < -0.3 is 19.8 Å². The van der Waals surface area contributed by atoms with Gasteiger partial charge in [0.1, 0.15) is 11.1 Å². The van der Waals surface area contributed by atoms with Crippen LogP contribution in [0.4, 0.5) is 0 Å². The quantitative estimate of drug-likeness (QED) is 0.299. The van der Waals surface area contributed by atoms with Crippen molar-refractivity contribution in [2.45, 2.75) is 58.9 Å². The summed E-state index contributed by atoms with van der Waals surface area (Å²) in [5.74, 6) is -1.13. The summed E-state index contributed by atoms with van der Waals surface area (Å²) >= 11 is 6.08. The van der Waals surface area contributed by atoms with E-state index >= 15 is 0 Å². The molecule has 1 aromatic heterocycles. The monoisotopic (exact) mass is 464 g/mol. The van der Waals surface area contributed by atoms with Gasteiger partial charge in [0.25, 0.3) is 5.91 Å². The largest absolute Gasteiger partial charge is 0.466 e. The van der Waals surface area contributed by atoms with Gasteiger partial charge in [0.15, 0.2) is 0 Å². The van der Waals surface area contributed by atoms with E-state index < -0.39 is 23.5 Å². The molecular formula is C23H29ClN2O6. The Labute approximate surface area is 191 Å². The van der Waals surface area contributed by atoms with Gasteiger partial charge in [-0.05, 0) is 57.4 Å². The van der Waals surface area contributed by atoms with Gasteiger partial charge in [-0.1, -0.05) is 18.0 Å². The highest BCUT2D eigenvalue weighted by Crippen LogP contribution is 2.23. The molecule has 2 rings (SSSR count). The minimum absolute atomic E-state index is 0.0371. The molecule has 1 atom stereocenters. The van der Waals surface area contributed by atoms with Crippen molar-refractivity contribution in [1.82, 2.24) is 10.6 Å². The Kier molecular flexibility index (Phi) is 9.71. The van der Waals surface area contributed by atoms with Crippen molar-refractivity contribution in [3.8, 4) is 0 Å². The summed E-state index contributed by atoms with van der Waals surface area (Å²) in [7, 11) is 0. The Bertz CT molecular complexity index is 1030. The van der Waals surface area contributed by atoms with Gasteiger partial charge in [-0.2, -0.15) is 0 Å². The van der Waals surface area contributed by atoms with Crippen LogP contribution in [0, 0.1) is 6.92 Å². The summed E-state index contributed by atoms with van der Waals surface area (Å²) in [6.45, 7) is 6.10. The summed E-state index contributed by atoms with van der Waals surface area (Å²) in [4.78, 5) is 48.8. The molecule has 2 aromatic rings. The number of halogens is 1. The van der Waals surface area contributed by atoms with Gasteiger partial charge in [-0.15, -0.1) is 0 Å². The van der Waals surface area contributed by atoms with Crippen LogP contribution in [-0.2, 0) is 14.3 Å². The fraction of sp³-hybridized carbons (Fsp3) is 0.478. The number of benzene rings is 1. The number of aryl methyl sites for hydroxylation is 1. The molecule has 1 aromatic carbocycles. The minimum atomic E-state index is -0.772. The molecule has 0 bridgehead atoms. The molecule has 0 saturated carbocycles. The molecule has 0 aliphatic carbocycles. The van der Waals surface area contributed by atoms with Crippen LogP contribution in [0.3, 0.4) is 0 Å². The van der Waals surface area contributed by atoms with E-state index in [4.69, 9.17) is 20.8 Å². The third-order valence-corrected chi connectivity index (χ3v) is 5.08. The van der Waals surface area contributed by atoms with Crippen LogP contribution in [0.2, 0.25) is 5.02 Å². The first-order valence-corrected chi connectivity index (χ1v) is 11.1. The summed E-state index contributed by atoms with van der Waals surface area (Å²) in [6, 6.07) is 4.17. The molecular weight excluding hydrogens is 436 g/mol. The molecule has 0 aliphatic heterocycles. The lowest BCUT2D eigenvalue weighted by molar-refractivity contribution is -0.143. The fourth-order valence-corrected chi connectivity index (χ4v) is 3.68. The molecule has 0 spiro atoms. The third kappa shape index (κ3) is 7.37. The summed E-state index contributed by atoms with van der Waals surface area (Å²) in [6.07, 6.45) is 2.00. The van der Waals surface area contributed by atoms with Gasteiger partial charge >= 0.3 is 11.6 Å². The van der Waals surface area contributed by atoms with Gasteiger partial charge in [0, 0.05) is 29.4 Å². The summed E-state index contributed by atoms with van der Waals surface area (Å²) < 4.78 is 10.3. The topological polar surface area (TPSA) is 115 Å². The van der Waals surface area contributed by atoms with E-state index in [1.807, 2.05) is 6.92 Å². The van der Waals surface area contributed by atoms with E-state index in [2.05, 4.69) is 10.6 Å². The van der Waals surface area contributed by atoms with Gasteiger partial charge in [-0.3, -0.25) is 14.4 Å². The predicted molar refractivity (Wildman–Crippen MR) is 122 cm³/mol. The van der Waals surface area contributed by atoms with Gasteiger partial charge in [0.05, 0.1) is 13.0 Å². The average Bonchev–Trinajstić information content (AvgIpc) is 2.71. The second-order valence-corrected chi connectivity index (χ2v) is 7.90. The number of rotatable bonds is 11. The lowest BCUT2D eigenvalue weighted by atomic mass is 10.0. The number of ether oxygens (including phenoxy) is 1. The molecule has 9 heteroatoms. The number of unbranched alkanes of at least 4 members (excludes halogenated alkanes) is 1. The number of hydrogen-bond donors (Lipinski definition) is 2. The zero-order valence-electron chi connectivity index (χ0n) is 18.6. The molecule has 1 unspecified atom stereocenters. The SMILES string of the molecule is CCNC(=O)CCCCC(CC(=O)OCC)NC(=O)c1cc2cc(Cl)cc(C)c2oc1=O. The predicted octanol–water partition coefficient (Wildman–Crippen LogP) is 3.50. The first kappa shape index (κ1) is 25.4. The van der Waals surface area contributed by atoms with Crippen molar-refractivity contribution < 1.29 is 23.5 Å². The highest BCUT2D eigenvalue weighted by atomic mass is 35.5. The molecule has 0 aliphatic rings. The lowest BCUT2D eigenvalue weighted by Crippen LogP contribution is -2.38. The van der Waals surface area contributed by atoms with Crippen LogP contribution >= 0.6 is 11.6 Å². The highest BCUT2D eigenvalue weighted by molar-refractivity contribution is 6.31. The molecule has 174 valence electrons. The summed E-state index contributed by atoms with van der Waals surface area (Å²) in [5.41, 5.74) is 0.107. The number of fused-ring (bicyclic) bond motifs is 1. The van der Waals surface area contributed by atoms with Crippen LogP contribution < -0.4 is 16.3 Å². The van der Waals surface area contributed by atoms with E-state index in [0.717, 1.165) is 0 Å². The van der Waals surface area contributed by atoms with Crippen LogP contribution in [0.25, 0.3) is 11.0 Å². The number of hydrogen-bond acceptors (Lipinski definition) is 6. The van der Waals surface area contributed by atoms with Crippen LogP contribution in [-0.4, -0.2) is 37.0 Å². The van der Waals surface area contributed by atoms with E-state index in [-0.39, 0.29) is 24.5 Å². The number of carbonyl (C=O) groups excluding carboxylic acids is 3. The second kappa shape index (κ2) is 12.2. The van der Waals surface area contributed by atoms with Crippen molar-refractivity contribution >= 4 is 40.4 Å². The summed E-state index contributed by atoms with van der Waals surface area (Å²) in [5, 5.41) is 6.46. The Balaban J connectivity index is 2.13. The van der Waals surface area contributed by atoms with Crippen LogP contribution in [0.5, 0.6) is 0 Å². The number of esters is 1. The molecule has 0 saturated heterocycles. The number of amides is 2. The number of carbonyl (C=O) groups is 3. The molecule has 32 heavy (non-hydrogen) atoms. The molecule has 2 N–H and O–H groups in total. The van der Waals surface area contributed by atoms with Crippen molar-refractivity contribution in [2.75, 3.05) is 13.2 Å². The molecule has 8 nitrogen and oxygen atoms in total. The van der Waals surface area contributed by atoms with Crippen molar-refractivity contribution in [3.05, 3.63) is 44.8 Å². The second-order valence-electron chi connectivity index (χ2n) is 7.47. The zero-order chi connectivity index (χ0) is 23.7. The Morgan fingerprint density at radius 3 is 2.59 bits per heavy atom. The van der Waals surface area contributed by atoms with Crippen molar-refractivity contribution in [1.29, 1.82) is 0 Å². The zero-order valence-corrected chi connectivity index (χ0v) is 19.3. The lowest BCUT2D eigenvalue weighted by Gasteiger charge is -2.18. The van der Waals surface area contributed by atoms with E-state index in [9.17, 15) is 19.2 Å². The molecule has 1 heterocycles. The minimum Gasteiger partial charge on any atom is -0.466 e. The first-order valence-electron chi connectivity index (χ1n) is 10.7. The average molecular weight is 465 g/mol. The van der Waals surface area contributed by atoms with Gasteiger partial charge in [0.2, 0.25) is 5.91 Å². The van der Waals surface area contributed by atoms with E-state index in [0.29, 0.717) is 53.8 Å². The molecule has 0 fully saturated rings. The smallest absolute Gasteiger partial charge is 0.349 e. The Morgan fingerprint density at radius 2 is 1.91 bits per heavy atom. The fourth-order valence-electron chi connectivity index (χ4n) is 3.39. The van der Waals surface area contributed by atoms with Crippen molar-refractivity contribution in [3.63, 3.8) is 0 Å². The van der Waals surface area contributed by atoms with E-state index in [1.54, 1.807) is 26.0 Å². The standard InChI is InChI=1S/C23H29ClN2O6/c1-4-25-19(27)9-7-6-8-17(13-20(28)31-5-2)26-22(29)18-12-15-11-16(24)10-14(3)21(15)32-23(18)30/h10-12,17H,4-9,13H2,1-3H3,(H,25,27)(H,26,29). The maximum absolute atomic E-state index is 12.8. The molecule has 2 amide bonds. The highest BCUT2D eigenvalue weighted by Gasteiger charge is 2.21. The third-order valence-electron chi connectivity index (χ3n) is 4.86. The maximum atomic E-state index is 12.8. The maximum Gasteiger partial charge on any atom is 0.349 e. The van der Waals surface area contributed by atoms with Crippen molar-refractivity contribution in [2.24, 2.45) is 0 Å². The number of nitrogens with one attached hydrogen (secondary N) is 2. The Morgan fingerprint density at radius 1 is 1.16 bits per heavy atom. The van der Waals surface area contributed by atoms with Crippen LogP contribution in [0.15, 0.2) is 27.4 Å². The molecule has 0 radical (unpaired) electrons. The first-order chi connectivity index (χ1) is 15.2. The van der Waals surface area contributed by atoms with E-state index in [1.165, 1.54) is 6.07 Å². The van der Waals surface area contributed by atoms with Gasteiger partial charge in [-0.25, -0.2) is 4.79 Å². The van der Waals surface area contributed by atoms with Crippen LogP contribution in [0.1, 0.15) is 61.9 Å².